The van der Waals surface area contributed by atoms with E-state index in [0.29, 0.717) is 10.6 Å². The molecular weight excluding hydrogens is 385 g/mol. The number of benzene rings is 2. The number of rotatable bonds is 5. The number of aromatic hydroxyl groups is 1. The topological polar surface area (TPSA) is 103 Å². The lowest BCUT2D eigenvalue weighted by Crippen LogP contribution is -2.13. The smallest absolute Gasteiger partial charge is 0.313 e. The van der Waals surface area contributed by atoms with E-state index in [1.54, 1.807) is 24.3 Å². The lowest BCUT2D eigenvalue weighted by atomic mass is 10.1. The summed E-state index contributed by atoms with van der Waals surface area (Å²) >= 11 is 5.80. The number of hydrogen-bond donors (Lipinski definition) is 2. The molecule has 0 aliphatic rings. The van der Waals surface area contributed by atoms with E-state index in [0.717, 1.165) is 6.07 Å². The van der Waals surface area contributed by atoms with E-state index in [2.05, 4.69) is 0 Å². The summed E-state index contributed by atoms with van der Waals surface area (Å²) in [6.45, 7) is 0. The molecule has 1 aromatic heterocycles. The fourth-order valence-corrected chi connectivity index (χ4v) is 3.48. The van der Waals surface area contributed by atoms with Crippen molar-refractivity contribution in [2.24, 2.45) is 0 Å². The van der Waals surface area contributed by atoms with Gasteiger partial charge in [-0.15, -0.1) is 0 Å². The molecule has 3 rings (SSSR count). The Morgan fingerprint density at radius 2 is 1.81 bits per heavy atom. The van der Waals surface area contributed by atoms with Crippen molar-refractivity contribution in [2.75, 3.05) is 5.73 Å². The summed E-state index contributed by atoms with van der Waals surface area (Å²) in [6, 6.07) is 11.6. The maximum Gasteiger partial charge on any atom is 0.313 e. The van der Waals surface area contributed by atoms with E-state index in [4.69, 9.17) is 25.9 Å². The van der Waals surface area contributed by atoms with Crippen molar-refractivity contribution in [3.05, 3.63) is 64.9 Å². The number of nitrogen functional groups attached to an aromatic ring is 1. The average molecular weight is 398 g/mol. The van der Waals surface area contributed by atoms with Crippen LogP contribution in [0.25, 0.3) is 11.3 Å². The molecule has 0 radical (unpaired) electrons. The monoisotopic (exact) mass is 397 g/mol. The fraction of sp³-hybridized carbons (Fsp3) is 0.0588. The minimum Gasteiger partial charge on any atom is -0.501 e. The zero-order valence-corrected chi connectivity index (χ0v) is 14.7. The Labute approximate surface area is 153 Å². The molecule has 0 atom stereocenters. The van der Waals surface area contributed by atoms with Crippen LogP contribution in [0.4, 0.5) is 10.3 Å². The number of anilines is 1. The molecule has 1 heterocycles. The van der Waals surface area contributed by atoms with Gasteiger partial charge in [-0.05, 0) is 30.3 Å². The van der Waals surface area contributed by atoms with Gasteiger partial charge >= 0.3 is 10.1 Å². The van der Waals surface area contributed by atoms with E-state index in [-0.39, 0.29) is 11.3 Å². The van der Waals surface area contributed by atoms with Gasteiger partial charge in [-0.2, -0.15) is 8.42 Å². The van der Waals surface area contributed by atoms with Crippen LogP contribution in [0.2, 0.25) is 5.02 Å². The highest BCUT2D eigenvalue weighted by atomic mass is 35.5. The van der Waals surface area contributed by atoms with Gasteiger partial charge in [-0.25, -0.2) is 4.39 Å². The Balaban J connectivity index is 1.90. The van der Waals surface area contributed by atoms with Gasteiger partial charge in [0.15, 0.2) is 5.76 Å². The van der Waals surface area contributed by atoms with Crippen LogP contribution in [-0.4, -0.2) is 13.5 Å². The van der Waals surface area contributed by atoms with E-state index in [1.165, 1.54) is 18.2 Å². The molecule has 0 saturated heterocycles. The van der Waals surface area contributed by atoms with Crippen molar-refractivity contribution in [2.45, 2.75) is 5.75 Å². The first kappa shape index (κ1) is 18.1. The van der Waals surface area contributed by atoms with Crippen LogP contribution in [0.5, 0.6) is 11.5 Å². The molecule has 136 valence electrons. The van der Waals surface area contributed by atoms with Crippen LogP contribution in [0.3, 0.4) is 0 Å². The average Bonchev–Trinajstić information content (AvgIpc) is 2.85. The van der Waals surface area contributed by atoms with Gasteiger partial charge in [0.25, 0.3) is 0 Å². The summed E-state index contributed by atoms with van der Waals surface area (Å²) < 4.78 is 48.1. The van der Waals surface area contributed by atoms with Crippen molar-refractivity contribution in [3.8, 4) is 22.8 Å². The molecule has 3 N–H and O–H groups in total. The predicted molar refractivity (Wildman–Crippen MR) is 94.9 cm³/mol. The summed E-state index contributed by atoms with van der Waals surface area (Å²) in [5, 5.41) is 10.7. The molecular formula is C17H13ClFNO5S. The highest BCUT2D eigenvalue weighted by Crippen LogP contribution is 2.45. The lowest BCUT2D eigenvalue weighted by molar-refractivity contribution is 0.432. The largest absolute Gasteiger partial charge is 0.501 e. The quantitative estimate of drug-likeness (QED) is 0.632. The number of furan rings is 1. The molecule has 0 amide bonds. The van der Waals surface area contributed by atoms with Crippen molar-refractivity contribution < 1.29 is 26.5 Å². The summed E-state index contributed by atoms with van der Waals surface area (Å²) in [7, 11) is -4.29. The van der Waals surface area contributed by atoms with Gasteiger partial charge < -0.3 is 19.4 Å². The van der Waals surface area contributed by atoms with Crippen LogP contribution in [0.15, 0.2) is 52.9 Å². The molecule has 3 aromatic rings. The first-order chi connectivity index (χ1) is 12.3. The molecule has 6 nitrogen and oxygen atoms in total. The fourth-order valence-electron chi connectivity index (χ4n) is 2.26. The second-order valence-corrected chi connectivity index (χ2v) is 7.36. The third-order valence-corrected chi connectivity index (χ3v) is 4.81. The van der Waals surface area contributed by atoms with Crippen molar-refractivity contribution in [1.82, 2.24) is 0 Å². The standard InChI is InChI=1S/C17H13ClFNO5S/c18-12-7-5-10(6-8-12)15-14(21)16(17(20)24-15)25-26(22,23)9-11-3-1-2-4-13(11)19/h1-8,21H,9,20H2. The minimum atomic E-state index is -4.29. The number of nitrogens with two attached hydrogens (primary N) is 1. The van der Waals surface area contributed by atoms with Crippen molar-refractivity contribution >= 4 is 27.6 Å². The van der Waals surface area contributed by atoms with Gasteiger partial charge in [-0.1, -0.05) is 29.8 Å². The van der Waals surface area contributed by atoms with Crippen molar-refractivity contribution in [1.29, 1.82) is 0 Å². The molecule has 0 aliphatic heterocycles. The molecule has 0 spiro atoms. The Hall–Kier alpha value is -2.71. The van der Waals surface area contributed by atoms with Gasteiger partial charge in [-0.3, -0.25) is 0 Å². The second-order valence-electron chi connectivity index (χ2n) is 5.36. The van der Waals surface area contributed by atoms with Gasteiger partial charge in [0, 0.05) is 16.1 Å². The molecule has 0 fully saturated rings. The van der Waals surface area contributed by atoms with Crippen LogP contribution >= 0.6 is 11.6 Å². The normalized spacial score (nSPS) is 11.5. The van der Waals surface area contributed by atoms with Gasteiger partial charge in [0.2, 0.25) is 17.4 Å². The Morgan fingerprint density at radius 1 is 1.15 bits per heavy atom. The Kier molecular flexibility index (Phi) is 4.80. The lowest BCUT2D eigenvalue weighted by Gasteiger charge is -2.07. The molecule has 0 unspecified atom stereocenters. The first-order valence-electron chi connectivity index (χ1n) is 7.29. The SMILES string of the molecule is Nc1oc(-c2ccc(Cl)cc2)c(O)c1OS(=O)(=O)Cc1ccccc1F. The van der Waals surface area contributed by atoms with E-state index in [1.807, 2.05) is 0 Å². The third kappa shape index (κ3) is 3.76. The van der Waals surface area contributed by atoms with Crippen molar-refractivity contribution in [3.63, 3.8) is 0 Å². The molecule has 2 aromatic carbocycles. The Morgan fingerprint density at radius 3 is 2.46 bits per heavy atom. The Bertz CT molecular complexity index is 1050. The zero-order valence-electron chi connectivity index (χ0n) is 13.1. The zero-order chi connectivity index (χ0) is 18.9. The minimum absolute atomic E-state index is 0.0738. The van der Waals surface area contributed by atoms with Gasteiger partial charge in [0.1, 0.15) is 11.6 Å². The van der Waals surface area contributed by atoms with Crippen LogP contribution < -0.4 is 9.92 Å². The van der Waals surface area contributed by atoms with Crippen LogP contribution in [0.1, 0.15) is 5.56 Å². The number of hydrogen-bond acceptors (Lipinski definition) is 6. The summed E-state index contributed by atoms with van der Waals surface area (Å²) in [5.41, 5.74) is 5.96. The van der Waals surface area contributed by atoms with E-state index < -0.39 is 39.1 Å². The summed E-state index contributed by atoms with van der Waals surface area (Å²) in [4.78, 5) is 0. The van der Waals surface area contributed by atoms with E-state index in [9.17, 15) is 17.9 Å². The third-order valence-electron chi connectivity index (χ3n) is 3.47. The predicted octanol–water partition coefficient (Wildman–Crippen LogP) is 3.94. The summed E-state index contributed by atoms with van der Waals surface area (Å²) in [5.74, 6) is -3.06. The molecule has 0 aliphatic carbocycles. The second kappa shape index (κ2) is 6.89. The number of halogens is 2. The summed E-state index contributed by atoms with van der Waals surface area (Å²) in [6.07, 6.45) is 0. The molecule has 0 bridgehead atoms. The van der Waals surface area contributed by atoms with Crippen LogP contribution in [0, 0.1) is 5.82 Å². The molecule has 0 saturated carbocycles. The first-order valence-corrected chi connectivity index (χ1v) is 9.25. The van der Waals surface area contributed by atoms with Gasteiger partial charge in [0.05, 0.1) is 0 Å². The highest BCUT2D eigenvalue weighted by Gasteiger charge is 2.26. The maximum atomic E-state index is 13.7. The maximum absolute atomic E-state index is 13.7. The van der Waals surface area contributed by atoms with E-state index >= 15 is 0 Å². The molecule has 26 heavy (non-hydrogen) atoms. The molecule has 9 heteroatoms. The van der Waals surface area contributed by atoms with Crippen LogP contribution in [-0.2, 0) is 15.9 Å². The highest BCUT2D eigenvalue weighted by molar-refractivity contribution is 7.86.